The molecular formula is C15H15ClO5. The summed E-state index contributed by atoms with van der Waals surface area (Å²) < 4.78 is 9.50. The fourth-order valence-corrected chi connectivity index (χ4v) is 1.61. The molecule has 0 aromatic heterocycles. The number of carbonyl (C=O) groups is 3. The molecule has 0 fully saturated rings. The molecule has 112 valence electrons. The average molecular weight is 311 g/mol. The second-order valence-electron chi connectivity index (χ2n) is 3.87. The number of ketones is 1. The van der Waals surface area contributed by atoms with Crippen molar-refractivity contribution in [2.75, 3.05) is 13.2 Å². The minimum absolute atomic E-state index is 0.0902. The molecule has 1 rings (SSSR count). The summed E-state index contributed by atoms with van der Waals surface area (Å²) >= 11 is 5.74. The van der Waals surface area contributed by atoms with Crippen molar-refractivity contribution in [1.82, 2.24) is 0 Å². The van der Waals surface area contributed by atoms with E-state index in [4.69, 9.17) is 21.1 Å². The minimum atomic E-state index is -0.870. The number of benzene rings is 1. The topological polar surface area (TPSA) is 69.7 Å². The van der Waals surface area contributed by atoms with E-state index < -0.39 is 17.7 Å². The Morgan fingerprint density at radius 3 is 2.14 bits per heavy atom. The van der Waals surface area contributed by atoms with E-state index in [1.807, 2.05) is 0 Å². The minimum Gasteiger partial charge on any atom is -0.463 e. The average Bonchev–Trinajstić information content (AvgIpc) is 2.45. The third-order valence-corrected chi connectivity index (χ3v) is 2.65. The first-order valence-electron chi connectivity index (χ1n) is 6.35. The van der Waals surface area contributed by atoms with Gasteiger partial charge in [0.1, 0.15) is 5.57 Å². The van der Waals surface area contributed by atoms with Crippen molar-refractivity contribution in [3.63, 3.8) is 0 Å². The SMILES string of the molecule is CCOC(=O)/C=C(\C(=O)OCC)C(=O)c1ccc(Cl)cc1. The van der Waals surface area contributed by atoms with Gasteiger partial charge in [-0.3, -0.25) is 4.79 Å². The highest BCUT2D eigenvalue weighted by Gasteiger charge is 2.22. The number of hydrogen-bond acceptors (Lipinski definition) is 5. The molecule has 0 unspecified atom stereocenters. The molecule has 0 aliphatic heterocycles. The summed E-state index contributed by atoms with van der Waals surface area (Å²) in [7, 11) is 0. The highest BCUT2D eigenvalue weighted by Crippen LogP contribution is 2.14. The summed E-state index contributed by atoms with van der Waals surface area (Å²) in [5, 5.41) is 0.457. The highest BCUT2D eigenvalue weighted by molar-refractivity contribution is 6.31. The third-order valence-electron chi connectivity index (χ3n) is 2.40. The van der Waals surface area contributed by atoms with Crippen LogP contribution in [0.4, 0.5) is 0 Å². The summed E-state index contributed by atoms with van der Waals surface area (Å²) in [6.45, 7) is 3.46. The van der Waals surface area contributed by atoms with Crippen molar-refractivity contribution in [3.8, 4) is 0 Å². The van der Waals surface area contributed by atoms with E-state index in [1.54, 1.807) is 13.8 Å². The molecule has 0 saturated heterocycles. The van der Waals surface area contributed by atoms with Gasteiger partial charge in [0.15, 0.2) is 0 Å². The Morgan fingerprint density at radius 2 is 1.62 bits per heavy atom. The molecule has 5 nitrogen and oxygen atoms in total. The van der Waals surface area contributed by atoms with Crippen LogP contribution < -0.4 is 0 Å². The Labute approximate surface area is 127 Å². The van der Waals surface area contributed by atoms with Gasteiger partial charge >= 0.3 is 11.9 Å². The summed E-state index contributed by atoms with van der Waals surface area (Å²) in [6, 6.07) is 5.95. The standard InChI is InChI=1S/C15H15ClO5/c1-3-20-13(17)9-12(15(19)21-4-2)14(18)10-5-7-11(16)8-6-10/h5-9H,3-4H2,1-2H3/b12-9-. The van der Waals surface area contributed by atoms with E-state index >= 15 is 0 Å². The van der Waals surface area contributed by atoms with Crippen molar-refractivity contribution in [1.29, 1.82) is 0 Å². The quantitative estimate of drug-likeness (QED) is 0.265. The highest BCUT2D eigenvalue weighted by atomic mass is 35.5. The lowest BCUT2D eigenvalue weighted by Crippen LogP contribution is -2.18. The lowest BCUT2D eigenvalue weighted by Gasteiger charge is -2.06. The zero-order valence-electron chi connectivity index (χ0n) is 11.7. The van der Waals surface area contributed by atoms with Gasteiger partial charge in [-0.05, 0) is 38.1 Å². The Bertz CT molecular complexity index is 560. The lowest BCUT2D eigenvalue weighted by atomic mass is 10.0. The van der Waals surface area contributed by atoms with Gasteiger partial charge < -0.3 is 9.47 Å². The maximum absolute atomic E-state index is 12.3. The zero-order chi connectivity index (χ0) is 15.8. The number of esters is 2. The van der Waals surface area contributed by atoms with Gasteiger partial charge in [0.25, 0.3) is 0 Å². The summed E-state index contributed by atoms with van der Waals surface area (Å²) in [5.41, 5.74) is -0.152. The second kappa shape index (κ2) is 8.21. The van der Waals surface area contributed by atoms with Gasteiger partial charge in [-0.25, -0.2) is 9.59 Å². The number of ether oxygens (including phenoxy) is 2. The molecule has 0 atom stereocenters. The number of rotatable bonds is 6. The maximum atomic E-state index is 12.3. The predicted molar refractivity (Wildman–Crippen MR) is 77.1 cm³/mol. The monoisotopic (exact) mass is 310 g/mol. The summed E-state index contributed by atoms with van der Waals surface area (Å²) in [6.07, 6.45) is 0.846. The van der Waals surface area contributed by atoms with E-state index in [0.717, 1.165) is 6.08 Å². The summed E-state index contributed by atoms with van der Waals surface area (Å²) in [5.74, 6) is -2.27. The van der Waals surface area contributed by atoms with Crippen LogP contribution in [0, 0.1) is 0 Å². The van der Waals surface area contributed by atoms with Gasteiger partial charge in [0, 0.05) is 16.7 Å². The van der Waals surface area contributed by atoms with Gasteiger partial charge in [-0.1, -0.05) is 11.6 Å². The smallest absolute Gasteiger partial charge is 0.342 e. The van der Waals surface area contributed by atoms with E-state index in [0.29, 0.717) is 5.02 Å². The van der Waals surface area contributed by atoms with Crippen LogP contribution in [0.2, 0.25) is 5.02 Å². The largest absolute Gasteiger partial charge is 0.463 e. The molecule has 0 saturated carbocycles. The molecular weight excluding hydrogens is 296 g/mol. The van der Waals surface area contributed by atoms with E-state index in [-0.39, 0.29) is 24.4 Å². The summed E-state index contributed by atoms with van der Waals surface area (Å²) in [4.78, 5) is 35.6. The fourth-order valence-electron chi connectivity index (χ4n) is 1.48. The Balaban J connectivity index is 3.11. The van der Waals surface area contributed by atoms with Gasteiger partial charge in [0.05, 0.1) is 13.2 Å². The molecule has 0 heterocycles. The number of carbonyl (C=O) groups excluding carboxylic acids is 3. The Morgan fingerprint density at radius 1 is 1.05 bits per heavy atom. The van der Waals surface area contributed by atoms with Crippen LogP contribution in [-0.2, 0) is 19.1 Å². The first-order chi connectivity index (χ1) is 9.99. The molecule has 6 heteroatoms. The molecule has 1 aromatic carbocycles. The molecule has 0 spiro atoms. The van der Waals surface area contributed by atoms with Crippen molar-refractivity contribution in [3.05, 3.63) is 46.5 Å². The van der Waals surface area contributed by atoms with Crippen LogP contribution in [0.15, 0.2) is 35.9 Å². The van der Waals surface area contributed by atoms with Crippen LogP contribution >= 0.6 is 11.6 Å². The molecule has 0 aliphatic carbocycles. The number of hydrogen-bond donors (Lipinski definition) is 0. The molecule has 0 radical (unpaired) electrons. The molecule has 21 heavy (non-hydrogen) atoms. The van der Waals surface area contributed by atoms with E-state index in [2.05, 4.69) is 0 Å². The maximum Gasteiger partial charge on any atom is 0.342 e. The normalized spacial score (nSPS) is 10.9. The third kappa shape index (κ3) is 5.04. The molecule has 0 aliphatic rings. The second-order valence-corrected chi connectivity index (χ2v) is 4.30. The van der Waals surface area contributed by atoms with Crippen molar-refractivity contribution in [2.24, 2.45) is 0 Å². The first kappa shape index (κ1) is 16.9. The van der Waals surface area contributed by atoms with Crippen LogP contribution in [0.5, 0.6) is 0 Å². The van der Waals surface area contributed by atoms with Crippen LogP contribution in [0.3, 0.4) is 0 Å². The first-order valence-corrected chi connectivity index (χ1v) is 6.73. The zero-order valence-corrected chi connectivity index (χ0v) is 12.5. The van der Waals surface area contributed by atoms with Gasteiger partial charge in [0.2, 0.25) is 5.78 Å². The van der Waals surface area contributed by atoms with Crippen LogP contribution in [0.1, 0.15) is 24.2 Å². The Hall–Kier alpha value is -2.14. The van der Waals surface area contributed by atoms with E-state index in [9.17, 15) is 14.4 Å². The number of Topliss-reactive ketones (excluding diaryl/α,β-unsaturated/α-hetero) is 1. The molecule has 0 amide bonds. The van der Waals surface area contributed by atoms with Crippen LogP contribution in [0.25, 0.3) is 0 Å². The number of halogens is 1. The van der Waals surface area contributed by atoms with Gasteiger partial charge in [-0.15, -0.1) is 0 Å². The fraction of sp³-hybridized carbons (Fsp3) is 0.267. The van der Waals surface area contributed by atoms with Crippen molar-refractivity contribution < 1.29 is 23.9 Å². The van der Waals surface area contributed by atoms with Crippen LogP contribution in [-0.4, -0.2) is 30.9 Å². The Kier molecular flexibility index (Phi) is 6.62. The van der Waals surface area contributed by atoms with E-state index in [1.165, 1.54) is 24.3 Å². The van der Waals surface area contributed by atoms with Crippen molar-refractivity contribution in [2.45, 2.75) is 13.8 Å². The predicted octanol–water partition coefficient (Wildman–Crippen LogP) is 2.58. The van der Waals surface area contributed by atoms with Crippen molar-refractivity contribution >= 4 is 29.3 Å². The molecule has 1 aromatic rings. The lowest BCUT2D eigenvalue weighted by molar-refractivity contribution is -0.140. The molecule has 0 bridgehead atoms. The van der Waals surface area contributed by atoms with Gasteiger partial charge in [-0.2, -0.15) is 0 Å². The molecule has 0 N–H and O–H groups in total.